The number of piperidine rings is 1. The van der Waals surface area contributed by atoms with Crippen molar-refractivity contribution in [1.82, 2.24) is 4.90 Å². The van der Waals surface area contributed by atoms with Gasteiger partial charge in [0.25, 0.3) is 0 Å². The maximum atomic E-state index is 11.5. The number of ketones is 1. The van der Waals surface area contributed by atoms with Crippen LogP contribution in [0, 0.1) is 5.92 Å². The van der Waals surface area contributed by atoms with Gasteiger partial charge in [0, 0.05) is 32.0 Å². The molecule has 0 aromatic rings. The molecule has 1 aliphatic heterocycles. The predicted molar refractivity (Wildman–Crippen MR) is 58.6 cm³/mol. The highest BCUT2D eigenvalue weighted by Gasteiger charge is 2.31. The quantitative estimate of drug-likeness (QED) is 0.746. The second kappa shape index (κ2) is 4.22. The predicted octanol–water partition coefficient (Wildman–Crippen LogP) is 1.20. The Kier molecular flexibility index (Phi) is 3.12. The Bertz CT molecular complexity index is 240. The van der Waals surface area contributed by atoms with Crippen LogP contribution in [0.5, 0.6) is 0 Å². The molecule has 2 aliphatic rings. The van der Waals surface area contributed by atoms with Gasteiger partial charge in [-0.1, -0.05) is 0 Å². The topological polar surface area (TPSA) is 40.5 Å². The van der Waals surface area contributed by atoms with E-state index in [9.17, 15) is 9.90 Å². The molecular formula is C12H21NO2. The second-order valence-electron chi connectivity index (χ2n) is 5.35. The summed E-state index contributed by atoms with van der Waals surface area (Å²) in [5.74, 6) is 0.736. The van der Waals surface area contributed by atoms with Crippen molar-refractivity contribution >= 4 is 5.78 Å². The molecule has 0 bridgehead atoms. The van der Waals surface area contributed by atoms with Crippen LogP contribution in [0.25, 0.3) is 0 Å². The van der Waals surface area contributed by atoms with E-state index in [1.165, 1.54) is 0 Å². The third kappa shape index (κ3) is 2.79. The summed E-state index contributed by atoms with van der Waals surface area (Å²) < 4.78 is 0. The monoisotopic (exact) mass is 211 g/mol. The molecular weight excluding hydrogens is 190 g/mol. The zero-order valence-corrected chi connectivity index (χ0v) is 9.54. The van der Waals surface area contributed by atoms with E-state index in [-0.39, 0.29) is 5.92 Å². The van der Waals surface area contributed by atoms with Gasteiger partial charge in [0.1, 0.15) is 5.78 Å². The molecule has 0 spiro atoms. The van der Waals surface area contributed by atoms with Crippen LogP contribution in [0.4, 0.5) is 0 Å². The van der Waals surface area contributed by atoms with Crippen molar-refractivity contribution < 1.29 is 9.90 Å². The average Bonchev–Trinajstić information content (AvgIpc) is 2.56. The van der Waals surface area contributed by atoms with Gasteiger partial charge in [0.15, 0.2) is 0 Å². The van der Waals surface area contributed by atoms with Gasteiger partial charge in [-0.3, -0.25) is 4.79 Å². The zero-order chi connectivity index (χ0) is 10.9. The Hall–Kier alpha value is -0.410. The molecule has 3 nitrogen and oxygen atoms in total. The van der Waals surface area contributed by atoms with E-state index in [0.717, 1.165) is 51.7 Å². The fourth-order valence-electron chi connectivity index (χ4n) is 2.61. The first-order chi connectivity index (χ1) is 7.07. The minimum atomic E-state index is -0.476. The van der Waals surface area contributed by atoms with E-state index in [0.29, 0.717) is 5.78 Å². The van der Waals surface area contributed by atoms with Crippen molar-refractivity contribution in [3.63, 3.8) is 0 Å². The number of carbonyl (C=O) groups is 1. The molecule has 0 aromatic carbocycles. The van der Waals surface area contributed by atoms with Crippen molar-refractivity contribution in [3.8, 4) is 0 Å². The Labute approximate surface area is 91.5 Å². The minimum absolute atomic E-state index is 0.285. The number of nitrogens with zero attached hydrogens (tertiary/aromatic N) is 1. The van der Waals surface area contributed by atoms with Crippen molar-refractivity contribution in [3.05, 3.63) is 0 Å². The Morgan fingerprint density at radius 2 is 2.13 bits per heavy atom. The minimum Gasteiger partial charge on any atom is -0.390 e. The number of rotatable bonds is 2. The first-order valence-corrected chi connectivity index (χ1v) is 6.04. The van der Waals surface area contributed by atoms with E-state index in [1.54, 1.807) is 0 Å². The van der Waals surface area contributed by atoms with Crippen LogP contribution in [-0.2, 0) is 4.79 Å². The summed E-state index contributed by atoms with van der Waals surface area (Å²) in [4.78, 5) is 13.8. The molecule has 86 valence electrons. The summed E-state index contributed by atoms with van der Waals surface area (Å²) >= 11 is 0. The zero-order valence-electron chi connectivity index (χ0n) is 9.54. The fourth-order valence-corrected chi connectivity index (χ4v) is 2.61. The molecule has 0 amide bonds. The van der Waals surface area contributed by atoms with Crippen LogP contribution in [-0.4, -0.2) is 41.0 Å². The van der Waals surface area contributed by atoms with Gasteiger partial charge in [0.05, 0.1) is 5.60 Å². The largest absolute Gasteiger partial charge is 0.390 e. The maximum absolute atomic E-state index is 11.5. The lowest BCUT2D eigenvalue weighted by molar-refractivity contribution is -0.121. The molecule has 1 unspecified atom stereocenters. The van der Waals surface area contributed by atoms with Crippen molar-refractivity contribution in [2.75, 3.05) is 19.6 Å². The van der Waals surface area contributed by atoms with Crippen molar-refractivity contribution in [2.24, 2.45) is 5.92 Å². The van der Waals surface area contributed by atoms with E-state index in [2.05, 4.69) is 4.90 Å². The van der Waals surface area contributed by atoms with Crippen LogP contribution in [0.3, 0.4) is 0 Å². The molecule has 0 aromatic heterocycles. The molecule has 1 aliphatic carbocycles. The maximum Gasteiger partial charge on any atom is 0.137 e. The van der Waals surface area contributed by atoms with Crippen LogP contribution in [0.2, 0.25) is 0 Å². The Morgan fingerprint density at radius 1 is 1.47 bits per heavy atom. The highest BCUT2D eigenvalue weighted by Crippen LogP contribution is 2.26. The van der Waals surface area contributed by atoms with Crippen LogP contribution in [0.1, 0.15) is 39.0 Å². The molecule has 1 N–H and O–H groups in total. The van der Waals surface area contributed by atoms with E-state index < -0.39 is 5.60 Å². The van der Waals surface area contributed by atoms with Crippen molar-refractivity contribution in [1.29, 1.82) is 0 Å². The van der Waals surface area contributed by atoms with Gasteiger partial charge in [-0.05, 0) is 32.6 Å². The molecule has 1 saturated heterocycles. The van der Waals surface area contributed by atoms with E-state index >= 15 is 0 Å². The molecule has 2 rings (SSSR count). The molecule has 15 heavy (non-hydrogen) atoms. The van der Waals surface area contributed by atoms with Gasteiger partial charge in [0.2, 0.25) is 0 Å². The smallest absolute Gasteiger partial charge is 0.137 e. The third-order valence-electron chi connectivity index (χ3n) is 3.84. The van der Waals surface area contributed by atoms with Crippen LogP contribution in [0.15, 0.2) is 0 Å². The number of aliphatic hydroxyl groups is 1. The molecule has 0 radical (unpaired) electrons. The number of hydrogen-bond acceptors (Lipinski definition) is 3. The Balaban J connectivity index is 1.79. The molecule has 2 fully saturated rings. The first kappa shape index (κ1) is 11.1. The average molecular weight is 211 g/mol. The van der Waals surface area contributed by atoms with Gasteiger partial charge in [-0.25, -0.2) is 0 Å². The SMILES string of the molecule is CC1(O)CCN(CC2CCCC2=O)CC1. The normalized spacial score (nSPS) is 32.1. The molecule has 1 heterocycles. The molecule has 1 atom stereocenters. The number of likely N-dealkylation sites (tertiary alicyclic amines) is 1. The van der Waals surface area contributed by atoms with Gasteiger partial charge >= 0.3 is 0 Å². The van der Waals surface area contributed by atoms with Crippen LogP contribution >= 0.6 is 0 Å². The summed E-state index contributed by atoms with van der Waals surface area (Å²) in [6, 6.07) is 0. The number of Topliss-reactive ketones (excluding diaryl/α,β-unsaturated/α-hetero) is 1. The highest BCUT2D eigenvalue weighted by molar-refractivity contribution is 5.83. The molecule has 3 heteroatoms. The molecule has 1 saturated carbocycles. The van der Waals surface area contributed by atoms with E-state index in [1.807, 2.05) is 6.92 Å². The number of carbonyl (C=O) groups excluding carboxylic acids is 1. The lowest BCUT2D eigenvalue weighted by Gasteiger charge is -2.36. The fraction of sp³-hybridized carbons (Fsp3) is 0.917. The van der Waals surface area contributed by atoms with Gasteiger partial charge in [-0.15, -0.1) is 0 Å². The van der Waals surface area contributed by atoms with E-state index in [4.69, 9.17) is 0 Å². The number of hydrogen-bond donors (Lipinski definition) is 1. The lowest BCUT2D eigenvalue weighted by atomic mass is 9.93. The summed E-state index contributed by atoms with van der Waals surface area (Å²) in [5, 5.41) is 9.81. The Morgan fingerprint density at radius 3 is 2.67 bits per heavy atom. The summed E-state index contributed by atoms with van der Waals surface area (Å²) in [6.45, 7) is 4.72. The highest BCUT2D eigenvalue weighted by atomic mass is 16.3. The third-order valence-corrected chi connectivity index (χ3v) is 3.84. The summed E-state index contributed by atoms with van der Waals surface area (Å²) in [6.07, 6.45) is 4.62. The van der Waals surface area contributed by atoms with Crippen LogP contribution < -0.4 is 0 Å². The van der Waals surface area contributed by atoms with Gasteiger partial charge in [-0.2, -0.15) is 0 Å². The lowest BCUT2D eigenvalue weighted by Crippen LogP contribution is -2.44. The summed E-state index contributed by atoms with van der Waals surface area (Å²) in [7, 11) is 0. The summed E-state index contributed by atoms with van der Waals surface area (Å²) in [5.41, 5.74) is -0.476. The standard InChI is InChI=1S/C12H21NO2/c1-12(15)5-7-13(8-6-12)9-10-3-2-4-11(10)14/h10,15H,2-9H2,1H3. The van der Waals surface area contributed by atoms with Crippen molar-refractivity contribution in [2.45, 2.75) is 44.6 Å². The first-order valence-electron chi connectivity index (χ1n) is 6.04. The van der Waals surface area contributed by atoms with Gasteiger partial charge < -0.3 is 10.0 Å². The second-order valence-corrected chi connectivity index (χ2v) is 5.35.